The highest BCUT2D eigenvalue weighted by Crippen LogP contribution is 2.15. The van der Waals surface area contributed by atoms with E-state index in [4.69, 9.17) is 5.73 Å². The summed E-state index contributed by atoms with van der Waals surface area (Å²) in [7, 11) is 3.61. The maximum atomic E-state index is 12.3. The smallest absolute Gasteiger partial charge is 0.271 e. The molecular formula is C17H19N7OS. The van der Waals surface area contributed by atoms with Crippen molar-refractivity contribution in [1.82, 2.24) is 25.3 Å². The third-order valence-corrected chi connectivity index (χ3v) is 4.33. The minimum Gasteiger partial charge on any atom is -0.368 e. The predicted octanol–water partition coefficient (Wildman–Crippen LogP) is 1.50. The van der Waals surface area contributed by atoms with Crippen LogP contribution in [0.25, 0.3) is 0 Å². The quantitative estimate of drug-likeness (QED) is 0.677. The molecule has 0 unspecified atom stereocenters. The van der Waals surface area contributed by atoms with Gasteiger partial charge in [0.1, 0.15) is 5.69 Å². The molecular weight excluding hydrogens is 350 g/mol. The zero-order valence-corrected chi connectivity index (χ0v) is 15.3. The lowest BCUT2D eigenvalue weighted by Gasteiger charge is -2.11. The first-order valence-corrected chi connectivity index (χ1v) is 8.83. The number of thiazole rings is 1. The number of anilines is 2. The van der Waals surface area contributed by atoms with Crippen molar-refractivity contribution in [3.05, 3.63) is 57.8 Å². The Balaban J connectivity index is 1.62. The van der Waals surface area contributed by atoms with Crippen molar-refractivity contribution in [1.29, 1.82) is 0 Å². The van der Waals surface area contributed by atoms with Crippen LogP contribution in [-0.2, 0) is 13.0 Å². The van der Waals surface area contributed by atoms with E-state index < -0.39 is 0 Å². The molecule has 0 fully saturated rings. The van der Waals surface area contributed by atoms with Crippen molar-refractivity contribution in [3.63, 3.8) is 0 Å². The van der Waals surface area contributed by atoms with Crippen LogP contribution in [0.4, 0.5) is 11.9 Å². The number of nitrogen functional groups attached to an aromatic ring is 1. The lowest BCUT2D eigenvalue weighted by Crippen LogP contribution is -2.25. The minimum atomic E-state index is -0.272. The fraction of sp³-hybridized carbons (Fsp3) is 0.235. The second kappa shape index (κ2) is 7.87. The monoisotopic (exact) mass is 369 g/mol. The van der Waals surface area contributed by atoms with Crippen LogP contribution in [0.15, 0.2) is 35.7 Å². The van der Waals surface area contributed by atoms with E-state index in [0.29, 0.717) is 23.9 Å². The van der Waals surface area contributed by atoms with Gasteiger partial charge in [-0.15, -0.1) is 11.3 Å². The van der Waals surface area contributed by atoms with Gasteiger partial charge in [-0.2, -0.15) is 15.0 Å². The summed E-state index contributed by atoms with van der Waals surface area (Å²) in [5.74, 6) is 0.688. The molecule has 2 heterocycles. The van der Waals surface area contributed by atoms with Crippen molar-refractivity contribution in [2.24, 2.45) is 0 Å². The number of hydrogen-bond acceptors (Lipinski definition) is 8. The second-order valence-corrected chi connectivity index (χ2v) is 6.72. The number of amides is 1. The minimum absolute atomic E-state index is 0.117. The van der Waals surface area contributed by atoms with Gasteiger partial charge in [0.25, 0.3) is 5.91 Å². The van der Waals surface area contributed by atoms with Crippen molar-refractivity contribution < 1.29 is 4.79 Å². The molecule has 3 aromatic rings. The van der Waals surface area contributed by atoms with E-state index in [9.17, 15) is 4.79 Å². The molecule has 3 N–H and O–H groups in total. The first-order valence-electron chi connectivity index (χ1n) is 7.95. The van der Waals surface area contributed by atoms with E-state index in [1.54, 1.807) is 24.4 Å². The standard InChI is InChI=1S/C17H19N7OS/c1-24(2)17-22-13(21-16(18)23-17)9-19-15(25)12-10-26-14(20-12)8-11-6-4-3-5-7-11/h3-7,10H,8-9H2,1-2H3,(H,19,25)(H2,18,21,22,23). The number of benzene rings is 1. The molecule has 0 radical (unpaired) electrons. The Morgan fingerprint density at radius 3 is 2.65 bits per heavy atom. The van der Waals surface area contributed by atoms with Crippen molar-refractivity contribution in [3.8, 4) is 0 Å². The lowest BCUT2D eigenvalue weighted by atomic mass is 10.2. The molecule has 0 aliphatic rings. The molecule has 1 aromatic carbocycles. The molecule has 0 spiro atoms. The number of aromatic nitrogens is 4. The molecule has 9 heteroatoms. The number of rotatable bonds is 6. The van der Waals surface area contributed by atoms with Gasteiger partial charge in [0.05, 0.1) is 11.6 Å². The van der Waals surface area contributed by atoms with E-state index in [1.807, 2.05) is 30.3 Å². The molecule has 0 bridgehead atoms. The van der Waals surface area contributed by atoms with Crippen LogP contribution in [0.2, 0.25) is 0 Å². The molecule has 2 aromatic heterocycles. The molecule has 0 saturated carbocycles. The topological polar surface area (TPSA) is 110 Å². The second-order valence-electron chi connectivity index (χ2n) is 5.78. The van der Waals surface area contributed by atoms with E-state index in [-0.39, 0.29) is 18.4 Å². The number of hydrogen-bond donors (Lipinski definition) is 2. The van der Waals surface area contributed by atoms with E-state index in [1.165, 1.54) is 11.3 Å². The predicted molar refractivity (Wildman–Crippen MR) is 101 cm³/mol. The normalized spacial score (nSPS) is 10.5. The molecule has 0 aliphatic carbocycles. The van der Waals surface area contributed by atoms with Gasteiger partial charge in [-0.1, -0.05) is 30.3 Å². The van der Waals surface area contributed by atoms with Gasteiger partial charge in [0, 0.05) is 25.9 Å². The Bertz CT molecular complexity index is 895. The van der Waals surface area contributed by atoms with Gasteiger partial charge in [-0.3, -0.25) is 4.79 Å². The number of carbonyl (C=O) groups excluding carboxylic acids is 1. The van der Waals surface area contributed by atoms with Gasteiger partial charge >= 0.3 is 0 Å². The van der Waals surface area contributed by atoms with E-state index in [0.717, 1.165) is 10.6 Å². The van der Waals surface area contributed by atoms with E-state index >= 15 is 0 Å². The summed E-state index contributed by atoms with van der Waals surface area (Å²) in [6.45, 7) is 0.151. The first-order chi connectivity index (χ1) is 12.5. The van der Waals surface area contributed by atoms with Gasteiger partial charge in [-0.05, 0) is 5.56 Å². The molecule has 26 heavy (non-hydrogen) atoms. The molecule has 0 aliphatic heterocycles. The summed E-state index contributed by atoms with van der Waals surface area (Å²) in [5, 5.41) is 5.40. The highest BCUT2D eigenvalue weighted by atomic mass is 32.1. The fourth-order valence-electron chi connectivity index (χ4n) is 2.22. The lowest BCUT2D eigenvalue weighted by molar-refractivity contribution is 0.0945. The third kappa shape index (κ3) is 4.51. The zero-order chi connectivity index (χ0) is 18.5. The Labute approximate surface area is 155 Å². The highest BCUT2D eigenvalue weighted by molar-refractivity contribution is 7.09. The average molecular weight is 369 g/mol. The van der Waals surface area contributed by atoms with Crippen LogP contribution >= 0.6 is 11.3 Å². The van der Waals surface area contributed by atoms with Crippen molar-refractivity contribution >= 4 is 29.1 Å². The summed E-state index contributed by atoms with van der Waals surface area (Å²) >= 11 is 1.46. The maximum absolute atomic E-state index is 12.3. The SMILES string of the molecule is CN(C)c1nc(N)nc(CNC(=O)c2csc(Cc3ccccc3)n2)n1. The molecule has 0 saturated heterocycles. The van der Waals surface area contributed by atoms with Crippen LogP contribution in [0, 0.1) is 0 Å². The van der Waals surface area contributed by atoms with Crippen LogP contribution in [-0.4, -0.2) is 39.9 Å². The van der Waals surface area contributed by atoms with Gasteiger partial charge in [-0.25, -0.2) is 4.98 Å². The molecule has 134 valence electrons. The third-order valence-electron chi connectivity index (χ3n) is 3.48. The van der Waals surface area contributed by atoms with E-state index in [2.05, 4.69) is 25.3 Å². The molecule has 8 nitrogen and oxygen atoms in total. The zero-order valence-electron chi connectivity index (χ0n) is 14.5. The van der Waals surface area contributed by atoms with Crippen LogP contribution in [0.3, 0.4) is 0 Å². The molecule has 1 amide bonds. The number of nitrogens with two attached hydrogens (primary N) is 1. The Morgan fingerprint density at radius 2 is 1.92 bits per heavy atom. The van der Waals surface area contributed by atoms with Crippen molar-refractivity contribution in [2.45, 2.75) is 13.0 Å². The van der Waals surface area contributed by atoms with Gasteiger partial charge < -0.3 is 16.0 Å². The Kier molecular flexibility index (Phi) is 5.37. The highest BCUT2D eigenvalue weighted by Gasteiger charge is 2.13. The largest absolute Gasteiger partial charge is 0.368 e. The first kappa shape index (κ1) is 17.7. The summed E-state index contributed by atoms with van der Waals surface area (Å²) < 4.78 is 0. The molecule has 3 rings (SSSR count). The number of nitrogens with zero attached hydrogens (tertiary/aromatic N) is 5. The number of carbonyl (C=O) groups is 1. The Morgan fingerprint density at radius 1 is 1.15 bits per heavy atom. The summed E-state index contributed by atoms with van der Waals surface area (Å²) in [4.78, 5) is 30.7. The van der Waals surface area contributed by atoms with Gasteiger partial charge in [0.2, 0.25) is 11.9 Å². The summed E-state index contributed by atoms with van der Waals surface area (Å²) in [6, 6.07) is 10.0. The van der Waals surface area contributed by atoms with Crippen LogP contribution < -0.4 is 16.0 Å². The van der Waals surface area contributed by atoms with Crippen LogP contribution in [0.1, 0.15) is 26.9 Å². The Hall–Kier alpha value is -3.07. The molecule has 0 atom stereocenters. The van der Waals surface area contributed by atoms with Crippen LogP contribution in [0.5, 0.6) is 0 Å². The van der Waals surface area contributed by atoms with Gasteiger partial charge in [0.15, 0.2) is 5.82 Å². The average Bonchev–Trinajstić information content (AvgIpc) is 3.08. The maximum Gasteiger partial charge on any atom is 0.271 e. The number of nitrogens with one attached hydrogen (secondary N) is 1. The fourth-order valence-corrected chi connectivity index (χ4v) is 3.03. The summed E-state index contributed by atoms with van der Waals surface area (Å²) in [6.07, 6.45) is 0.703. The summed E-state index contributed by atoms with van der Waals surface area (Å²) in [5.41, 5.74) is 7.22. The van der Waals surface area contributed by atoms with Crippen molar-refractivity contribution in [2.75, 3.05) is 24.7 Å².